The summed E-state index contributed by atoms with van der Waals surface area (Å²) in [6.07, 6.45) is 1.50. The summed E-state index contributed by atoms with van der Waals surface area (Å²) in [6.45, 7) is 2.98. The van der Waals surface area contributed by atoms with Crippen LogP contribution in [0.25, 0.3) is 0 Å². The molecule has 0 fully saturated rings. The topological polar surface area (TPSA) is 45.0 Å². The highest BCUT2D eigenvalue weighted by atomic mass is 16.5. The second kappa shape index (κ2) is 6.86. The van der Waals surface area contributed by atoms with Crippen LogP contribution >= 0.6 is 0 Å². The van der Waals surface area contributed by atoms with E-state index in [0.29, 0.717) is 6.42 Å². The van der Waals surface area contributed by atoms with Gasteiger partial charge in [-0.3, -0.25) is 0 Å². The van der Waals surface area contributed by atoms with Crippen molar-refractivity contribution in [3.8, 4) is 11.8 Å². The van der Waals surface area contributed by atoms with E-state index in [9.17, 15) is 0 Å². The number of methoxy groups -OCH3 is 1. The molecule has 3 nitrogen and oxygen atoms in total. The average Bonchev–Trinajstić information content (AvgIpc) is 2.34. The minimum Gasteiger partial charge on any atom is -0.497 e. The Morgan fingerprint density at radius 2 is 2.31 bits per heavy atom. The molecule has 0 spiro atoms. The Balaban J connectivity index is 2.46. The number of unbranched alkanes of at least 4 members (excludes halogenated alkanes) is 1. The third-order valence-electron chi connectivity index (χ3n) is 2.51. The van der Waals surface area contributed by atoms with E-state index in [1.807, 2.05) is 18.2 Å². The first-order valence-electron chi connectivity index (χ1n) is 5.52. The van der Waals surface area contributed by atoms with Gasteiger partial charge in [-0.25, -0.2) is 0 Å². The van der Waals surface area contributed by atoms with Crippen LogP contribution in [-0.4, -0.2) is 13.7 Å². The predicted octanol–water partition coefficient (Wildman–Crippen LogP) is 2.65. The molecule has 1 rings (SSSR count). The number of ether oxygens (including phenoxy) is 1. The van der Waals surface area contributed by atoms with Crippen LogP contribution in [0.3, 0.4) is 0 Å². The maximum atomic E-state index is 8.42. The smallest absolute Gasteiger partial charge is 0.119 e. The zero-order chi connectivity index (χ0) is 11.8. The molecule has 1 aromatic rings. The summed E-state index contributed by atoms with van der Waals surface area (Å²) in [5.74, 6) is 0.878. The molecule has 1 unspecified atom stereocenters. The van der Waals surface area contributed by atoms with E-state index in [-0.39, 0.29) is 6.04 Å². The molecule has 3 heteroatoms. The number of hydrogen-bond acceptors (Lipinski definition) is 3. The zero-order valence-corrected chi connectivity index (χ0v) is 9.86. The summed E-state index contributed by atoms with van der Waals surface area (Å²) in [4.78, 5) is 0. The number of benzene rings is 1. The van der Waals surface area contributed by atoms with E-state index >= 15 is 0 Å². The van der Waals surface area contributed by atoms with Crippen molar-refractivity contribution in [3.05, 3.63) is 29.8 Å². The minimum atomic E-state index is 0.286. The Bertz CT molecular complexity index is 357. The molecule has 0 amide bonds. The van der Waals surface area contributed by atoms with Gasteiger partial charge in [-0.1, -0.05) is 12.1 Å². The lowest BCUT2D eigenvalue weighted by Crippen LogP contribution is -2.19. The Hall–Kier alpha value is -1.53. The molecule has 1 N–H and O–H groups in total. The summed E-state index contributed by atoms with van der Waals surface area (Å²) in [5, 5.41) is 11.8. The maximum Gasteiger partial charge on any atom is 0.119 e. The molecule has 1 aromatic carbocycles. The van der Waals surface area contributed by atoms with Crippen LogP contribution in [-0.2, 0) is 0 Å². The summed E-state index contributed by atoms with van der Waals surface area (Å²) in [6, 6.07) is 10.5. The molecule has 0 bridgehead atoms. The van der Waals surface area contributed by atoms with Gasteiger partial charge in [0.1, 0.15) is 5.75 Å². The van der Waals surface area contributed by atoms with Crippen molar-refractivity contribution in [3.63, 3.8) is 0 Å². The van der Waals surface area contributed by atoms with Crippen molar-refractivity contribution in [2.75, 3.05) is 13.7 Å². The first kappa shape index (κ1) is 12.5. The highest BCUT2D eigenvalue weighted by Gasteiger charge is 2.04. The molecule has 0 aromatic heterocycles. The van der Waals surface area contributed by atoms with Gasteiger partial charge in [0, 0.05) is 12.5 Å². The molecule has 0 aliphatic carbocycles. The molecule has 0 aliphatic heterocycles. The van der Waals surface area contributed by atoms with Crippen molar-refractivity contribution in [1.82, 2.24) is 5.32 Å². The first-order chi connectivity index (χ1) is 7.77. The lowest BCUT2D eigenvalue weighted by Gasteiger charge is -2.14. The molecule has 0 radical (unpaired) electrons. The Labute approximate surface area is 97.0 Å². The molecular weight excluding hydrogens is 200 g/mol. The first-order valence-corrected chi connectivity index (χ1v) is 5.52. The minimum absolute atomic E-state index is 0.286. The monoisotopic (exact) mass is 218 g/mol. The van der Waals surface area contributed by atoms with Crippen LogP contribution in [0.15, 0.2) is 24.3 Å². The highest BCUT2D eigenvalue weighted by Crippen LogP contribution is 2.18. The molecule has 0 heterocycles. The normalized spacial score (nSPS) is 11.8. The Morgan fingerprint density at radius 1 is 1.50 bits per heavy atom. The maximum absolute atomic E-state index is 8.42. The summed E-state index contributed by atoms with van der Waals surface area (Å²) in [5.41, 5.74) is 1.20. The largest absolute Gasteiger partial charge is 0.497 e. The van der Waals surface area contributed by atoms with Crippen LogP contribution in [0.5, 0.6) is 5.75 Å². The van der Waals surface area contributed by atoms with Crippen LogP contribution in [0.1, 0.15) is 31.4 Å². The zero-order valence-electron chi connectivity index (χ0n) is 9.86. The molecule has 1 atom stereocenters. The molecular formula is C13H18N2O. The van der Waals surface area contributed by atoms with Gasteiger partial charge in [-0.2, -0.15) is 5.26 Å². The van der Waals surface area contributed by atoms with Crippen LogP contribution in [0.2, 0.25) is 0 Å². The van der Waals surface area contributed by atoms with Crippen molar-refractivity contribution in [1.29, 1.82) is 5.26 Å². The van der Waals surface area contributed by atoms with Crippen LogP contribution in [0.4, 0.5) is 0 Å². The van der Waals surface area contributed by atoms with Gasteiger partial charge < -0.3 is 10.1 Å². The Kier molecular flexibility index (Phi) is 5.38. The Morgan fingerprint density at radius 3 is 3.00 bits per heavy atom. The molecule has 16 heavy (non-hydrogen) atoms. The second-order valence-electron chi connectivity index (χ2n) is 3.71. The van der Waals surface area contributed by atoms with E-state index in [2.05, 4.69) is 24.4 Å². The highest BCUT2D eigenvalue weighted by molar-refractivity contribution is 5.30. The number of nitriles is 1. The fourth-order valence-corrected chi connectivity index (χ4v) is 1.51. The SMILES string of the molecule is COc1cccc(C(C)NCCCC#N)c1. The summed E-state index contributed by atoms with van der Waals surface area (Å²) >= 11 is 0. The fraction of sp³-hybridized carbons (Fsp3) is 0.462. The van der Waals surface area contributed by atoms with E-state index in [1.54, 1.807) is 7.11 Å². The number of hydrogen-bond donors (Lipinski definition) is 1. The van der Waals surface area contributed by atoms with Gasteiger partial charge in [-0.15, -0.1) is 0 Å². The van der Waals surface area contributed by atoms with Crippen molar-refractivity contribution in [2.24, 2.45) is 0 Å². The lowest BCUT2D eigenvalue weighted by molar-refractivity contribution is 0.413. The van der Waals surface area contributed by atoms with Gasteiger partial charge >= 0.3 is 0 Å². The third kappa shape index (κ3) is 3.92. The van der Waals surface area contributed by atoms with E-state index in [0.717, 1.165) is 18.7 Å². The molecule has 0 aliphatic rings. The van der Waals surface area contributed by atoms with E-state index < -0.39 is 0 Å². The van der Waals surface area contributed by atoms with Gasteiger partial charge in [0.05, 0.1) is 13.2 Å². The van der Waals surface area contributed by atoms with Crippen molar-refractivity contribution in [2.45, 2.75) is 25.8 Å². The standard InChI is InChI=1S/C13H18N2O/c1-11(15-9-4-3-8-14)12-6-5-7-13(10-12)16-2/h5-7,10-11,15H,3-4,9H2,1-2H3. The van der Waals surface area contributed by atoms with Crippen LogP contribution in [0, 0.1) is 11.3 Å². The van der Waals surface area contributed by atoms with Gasteiger partial charge in [0.15, 0.2) is 0 Å². The second-order valence-corrected chi connectivity index (χ2v) is 3.71. The van der Waals surface area contributed by atoms with Gasteiger partial charge in [-0.05, 0) is 37.6 Å². The van der Waals surface area contributed by atoms with E-state index in [4.69, 9.17) is 10.00 Å². The quantitative estimate of drug-likeness (QED) is 0.746. The average molecular weight is 218 g/mol. The van der Waals surface area contributed by atoms with E-state index in [1.165, 1.54) is 5.56 Å². The van der Waals surface area contributed by atoms with Gasteiger partial charge in [0.25, 0.3) is 0 Å². The molecule has 0 saturated heterocycles. The van der Waals surface area contributed by atoms with Gasteiger partial charge in [0.2, 0.25) is 0 Å². The number of rotatable bonds is 6. The number of nitrogens with zero attached hydrogens (tertiary/aromatic N) is 1. The molecule has 0 saturated carbocycles. The van der Waals surface area contributed by atoms with Crippen molar-refractivity contribution >= 4 is 0 Å². The lowest BCUT2D eigenvalue weighted by atomic mass is 10.1. The van der Waals surface area contributed by atoms with Crippen LogP contribution < -0.4 is 10.1 Å². The third-order valence-corrected chi connectivity index (χ3v) is 2.51. The summed E-state index contributed by atoms with van der Waals surface area (Å²) in [7, 11) is 1.67. The predicted molar refractivity (Wildman–Crippen MR) is 64.3 cm³/mol. The summed E-state index contributed by atoms with van der Waals surface area (Å²) < 4.78 is 5.18. The van der Waals surface area contributed by atoms with Crippen molar-refractivity contribution < 1.29 is 4.74 Å². The molecule has 86 valence electrons. The number of nitrogens with one attached hydrogen (secondary N) is 1. The fourth-order valence-electron chi connectivity index (χ4n) is 1.51.